The summed E-state index contributed by atoms with van der Waals surface area (Å²) in [5, 5.41) is 11.2. The molecule has 0 radical (unpaired) electrons. The third kappa shape index (κ3) is 5.63. The van der Waals surface area contributed by atoms with E-state index in [1.165, 1.54) is 6.07 Å². The van der Waals surface area contributed by atoms with Crippen molar-refractivity contribution in [3.8, 4) is 6.07 Å². The fourth-order valence-corrected chi connectivity index (χ4v) is 1.32. The molecule has 0 aromatic rings. The zero-order valence-corrected chi connectivity index (χ0v) is 9.06. The van der Waals surface area contributed by atoms with E-state index in [0.29, 0.717) is 0 Å². The van der Waals surface area contributed by atoms with E-state index in [-0.39, 0.29) is 12.6 Å². The second-order valence-corrected chi connectivity index (χ2v) is 3.53. The minimum absolute atomic E-state index is 0.0770. The Bertz CT molecular complexity index is 208. The van der Waals surface area contributed by atoms with Crippen LogP contribution in [0.25, 0.3) is 0 Å². The average Bonchev–Trinajstić information content (AvgIpc) is 2.15. The highest BCUT2D eigenvalue weighted by molar-refractivity contribution is 4.90. The van der Waals surface area contributed by atoms with Gasteiger partial charge in [-0.2, -0.15) is 18.4 Å². The topological polar surface area (TPSA) is 35.8 Å². The number of nitrogens with zero attached hydrogens (tertiary/aromatic N) is 1. The van der Waals surface area contributed by atoms with Gasteiger partial charge in [0.2, 0.25) is 0 Å². The van der Waals surface area contributed by atoms with Gasteiger partial charge in [-0.1, -0.05) is 20.3 Å². The van der Waals surface area contributed by atoms with E-state index < -0.39 is 12.1 Å². The fraction of sp³-hybridized carbons (Fsp3) is 0.900. The number of alkyl halides is 3. The van der Waals surface area contributed by atoms with Crippen LogP contribution in [0.2, 0.25) is 0 Å². The van der Waals surface area contributed by atoms with E-state index in [0.717, 1.165) is 19.3 Å². The van der Waals surface area contributed by atoms with Crippen LogP contribution < -0.4 is 5.32 Å². The Morgan fingerprint density at radius 2 is 1.93 bits per heavy atom. The van der Waals surface area contributed by atoms with Crippen LogP contribution in [0, 0.1) is 17.2 Å². The van der Waals surface area contributed by atoms with Gasteiger partial charge < -0.3 is 5.32 Å². The summed E-state index contributed by atoms with van der Waals surface area (Å²) >= 11 is 0. The third-order valence-electron chi connectivity index (χ3n) is 2.29. The van der Waals surface area contributed by atoms with Crippen molar-refractivity contribution in [2.24, 2.45) is 5.92 Å². The Labute approximate surface area is 88.5 Å². The number of nitrogens with one attached hydrogen (secondary N) is 1. The van der Waals surface area contributed by atoms with Crippen LogP contribution in [0.5, 0.6) is 0 Å². The van der Waals surface area contributed by atoms with Crippen molar-refractivity contribution >= 4 is 0 Å². The highest BCUT2D eigenvalue weighted by Crippen LogP contribution is 2.25. The second kappa shape index (κ2) is 6.67. The lowest BCUT2D eigenvalue weighted by Crippen LogP contribution is -2.37. The molecule has 2 atom stereocenters. The monoisotopic (exact) mass is 222 g/mol. The summed E-state index contributed by atoms with van der Waals surface area (Å²) in [6.07, 6.45) is -1.88. The van der Waals surface area contributed by atoms with Gasteiger partial charge in [-0.25, -0.2) is 0 Å². The zero-order chi connectivity index (χ0) is 11.9. The van der Waals surface area contributed by atoms with Gasteiger partial charge in [0.15, 0.2) is 5.92 Å². The molecule has 0 heterocycles. The van der Waals surface area contributed by atoms with Crippen LogP contribution in [-0.4, -0.2) is 18.8 Å². The molecule has 5 heteroatoms. The molecule has 0 amide bonds. The minimum atomic E-state index is -4.42. The van der Waals surface area contributed by atoms with Gasteiger partial charge in [-0.3, -0.25) is 0 Å². The molecule has 0 aromatic carbocycles. The smallest absolute Gasteiger partial charge is 0.312 e. The van der Waals surface area contributed by atoms with E-state index in [1.54, 1.807) is 0 Å². The number of halogens is 3. The first-order valence-corrected chi connectivity index (χ1v) is 5.15. The van der Waals surface area contributed by atoms with Crippen LogP contribution in [0.4, 0.5) is 13.2 Å². The summed E-state index contributed by atoms with van der Waals surface area (Å²) < 4.78 is 36.6. The second-order valence-electron chi connectivity index (χ2n) is 3.53. The van der Waals surface area contributed by atoms with Crippen LogP contribution in [0.1, 0.15) is 33.1 Å². The van der Waals surface area contributed by atoms with Crippen LogP contribution >= 0.6 is 0 Å². The highest BCUT2D eigenvalue weighted by Gasteiger charge is 2.39. The molecule has 0 aromatic heterocycles. The molecule has 0 spiro atoms. The lowest BCUT2D eigenvalue weighted by molar-refractivity contribution is -0.158. The normalized spacial score (nSPS) is 15.7. The molecular formula is C10H17F3N2. The average molecular weight is 222 g/mol. The SMILES string of the molecule is CCCC(CC)NCC(C#N)C(F)(F)F. The summed E-state index contributed by atoms with van der Waals surface area (Å²) in [5.41, 5.74) is 0. The van der Waals surface area contributed by atoms with E-state index in [2.05, 4.69) is 5.32 Å². The molecule has 2 unspecified atom stereocenters. The van der Waals surface area contributed by atoms with Gasteiger partial charge in [-0.05, 0) is 12.8 Å². The molecule has 2 nitrogen and oxygen atoms in total. The molecule has 0 bridgehead atoms. The van der Waals surface area contributed by atoms with Crippen molar-refractivity contribution < 1.29 is 13.2 Å². The maximum Gasteiger partial charge on any atom is 0.405 e. The maximum atomic E-state index is 12.2. The first-order valence-electron chi connectivity index (χ1n) is 5.15. The van der Waals surface area contributed by atoms with Gasteiger partial charge in [0.1, 0.15) is 0 Å². The Hall–Kier alpha value is -0.760. The molecule has 88 valence electrons. The molecule has 15 heavy (non-hydrogen) atoms. The Kier molecular flexibility index (Phi) is 6.34. The number of hydrogen-bond donors (Lipinski definition) is 1. The maximum absolute atomic E-state index is 12.2. The van der Waals surface area contributed by atoms with Gasteiger partial charge in [0.25, 0.3) is 0 Å². The minimum Gasteiger partial charge on any atom is -0.312 e. The molecule has 0 saturated carbocycles. The number of rotatable bonds is 6. The summed E-state index contributed by atoms with van der Waals surface area (Å²) in [7, 11) is 0. The molecule has 0 saturated heterocycles. The fourth-order valence-electron chi connectivity index (χ4n) is 1.32. The molecule has 0 aliphatic carbocycles. The van der Waals surface area contributed by atoms with Crippen LogP contribution in [0.15, 0.2) is 0 Å². The Morgan fingerprint density at radius 1 is 1.33 bits per heavy atom. The Morgan fingerprint density at radius 3 is 2.27 bits per heavy atom. The molecule has 1 N–H and O–H groups in total. The van der Waals surface area contributed by atoms with E-state index in [1.807, 2.05) is 13.8 Å². The zero-order valence-electron chi connectivity index (χ0n) is 9.06. The van der Waals surface area contributed by atoms with Crippen molar-refractivity contribution in [2.75, 3.05) is 6.54 Å². The summed E-state index contributed by atoms with van der Waals surface area (Å²) in [6.45, 7) is 3.59. The molecule has 0 fully saturated rings. The number of nitriles is 1. The van der Waals surface area contributed by atoms with Crippen molar-refractivity contribution in [3.63, 3.8) is 0 Å². The lowest BCUT2D eigenvalue weighted by atomic mass is 10.1. The third-order valence-corrected chi connectivity index (χ3v) is 2.29. The van der Waals surface area contributed by atoms with E-state index >= 15 is 0 Å². The van der Waals surface area contributed by atoms with Crippen molar-refractivity contribution in [1.82, 2.24) is 5.32 Å². The Balaban J connectivity index is 4.06. The lowest BCUT2D eigenvalue weighted by Gasteiger charge is -2.19. The first kappa shape index (κ1) is 14.2. The summed E-state index contributed by atoms with van der Waals surface area (Å²) in [5.74, 6) is -1.90. The van der Waals surface area contributed by atoms with Gasteiger partial charge in [0.05, 0.1) is 6.07 Å². The van der Waals surface area contributed by atoms with Crippen LogP contribution in [0.3, 0.4) is 0 Å². The van der Waals surface area contributed by atoms with Gasteiger partial charge in [-0.15, -0.1) is 0 Å². The molecular weight excluding hydrogens is 205 g/mol. The molecule has 0 rings (SSSR count). The predicted molar refractivity (Wildman–Crippen MR) is 52.1 cm³/mol. The van der Waals surface area contributed by atoms with Crippen LogP contribution in [-0.2, 0) is 0 Å². The molecule has 0 aliphatic rings. The van der Waals surface area contributed by atoms with Crippen molar-refractivity contribution in [2.45, 2.75) is 45.3 Å². The van der Waals surface area contributed by atoms with Crippen molar-refractivity contribution in [1.29, 1.82) is 5.26 Å². The largest absolute Gasteiger partial charge is 0.405 e. The van der Waals surface area contributed by atoms with E-state index in [9.17, 15) is 13.2 Å². The number of hydrogen-bond acceptors (Lipinski definition) is 2. The standard InChI is InChI=1S/C10H17F3N2/c1-3-5-9(4-2)15-7-8(6-14)10(11,12)13/h8-9,15H,3-5,7H2,1-2H3. The molecule has 0 aliphatic heterocycles. The summed E-state index contributed by atoms with van der Waals surface area (Å²) in [6, 6.07) is 1.35. The quantitative estimate of drug-likeness (QED) is 0.750. The summed E-state index contributed by atoms with van der Waals surface area (Å²) in [4.78, 5) is 0. The predicted octanol–water partition coefficient (Wildman–Crippen LogP) is 2.86. The van der Waals surface area contributed by atoms with Gasteiger partial charge >= 0.3 is 6.18 Å². The van der Waals surface area contributed by atoms with E-state index in [4.69, 9.17) is 5.26 Å². The van der Waals surface area contributed by atoms with Crippen molar-refractivity contribution in [3.05, 3.63) is 0 Å². The highest BCUT2D eigenvalue weighted by atomic mass is 19.4. The van der Waals surface area contributed by atoms with Gasteiger partial charge in [0, 0.05) is 12.6 Å². The first-order chi connectivity index (χ1) is 6.95.